The number of hydrogen-bond acceptors (Lipinski definition) is 10. The Labute approximate surface area is 427 Å². The first kappa shape index (κ1) is 51.2. The van der Waals surface area contributed by atoms with Gasteiger partial charge in [0.2, 0.25) is 17.7 Å². The molecule has 0 bridgehead atoms. The lowest BCUT2D eigenvalue weighted by molar-refractivity contribution is -0.143. The molecular weight excluding hydrogens is 913 g/mol. The summed E-state index contributed by atoms with van der Waals surface area (Å²) in [6.07, 6.45) is 8.84. The molecule has 2 aliphatic heterocycles. The van der Waals surface area contributed by atoms with Crippen molar-refractivity contribution in [1.29, 1.82) is 10.5 Å². The number of carbonyl (C=O) groups is 3. The molecule has 4 heterocycles. The van der Waals surface area contributed by atoms with Gasteiger partial charge in [-0.05, 0) is 52.1 Å². The van der Waals surface area contributed by atoms with E-state index in [4.69, 9.17) is 10.5 Å². The van der Waals surface area contributed by atoms with E-state index in [2.05, 4.69) is 76.7 Å². The Balaban J connectivity index is 0.000000201. The normalized spacial score (nSPS) is 15.8. The molecule has 9 rings (SSSR count). The molecule has 0 aliphatic carbocycles. The zero-order valence-corrected chi connectivity index (χ0v) is 41.1. The zero-order chi connectivity index (χ0) is 50.6. The molecule has 15 nitrogen and oxygen atoms in total. The quantitative estimate of drug-likeness (QED) is 0.102. The Morgan fingerprint density at radius 1 is 0.548 bits per heavy atom. The van der Waals surface area contributed by atoms with Gasteiger partial charge in [-0.2, -0.15) is 10.5 Å². The number of imidazole rings is 2. The number of carbonyl (C=O) groups excluding carboxylic acids is 3. The molecule has 3 N–H and O–H groups in total. The van der Waals surface area contributed by atoms with Crippen LogP contribution in [-0.4, -0.2) is 116 Å². The monoisotopic (exact) mass is 975 g/mol. The van der Waals surface area contributed by atoms with Crippen molar-refractivity contribution in [3.05, 3.63) is 215 Å². The minimum Gasteiger partial charge on any atom is -0.354 e. The van der Waals surface area contributed by atoms with Crippen molar-refractivity contribution in [2.75, 3.05) is 52.4 Å². The maximum Gasteiger partial charge on any atom is 0.244 e. The van der Waals surface area contributed by atoms with Crippen LogP contribution in [-0.2, 0) is 59.8 Å². The molecule has 2 aromatic heterocycles. The van der Waals surface area contributed by atoms with Crippen molar-refractivity contribution < 1.29 is 14.4 Å². The van der Waals surface area contributed by atoms with Gasteiger partial charge in [0.25, 0.3) is 0 Å². The van der Waals surface area contributed by atoms with Crippen LogP contribution in [0.4, 0.5) is 0 Å². The molecule has 2 saturated heterocycles. The van der Waals surface area contributed by atoms with Crippen LogP contribution in [0.15, 0.2) is 165 Å². The van der Waals surface area contributed by atoms with Gasteiger partial charge in [0.15, 0.2) is 0 Å². The van der Waals surface area contributed by atoms with Gasteiger partial charge >= 0.3 is 0 Å². The summed E-state index contributed by atoms with van der Waals surface area (Å²) < 4.78 is 4.12. The van der Waals surface area contributed by atoms with Crippen LogP contribution in [0, 0.1) is 22.7 Å². The minimum atomic E-state index is -0.563. The molecule has 73 heavy (non-hydrogen) atoms. The second kappa shape index (κ2) is 26.3. The van der Waals surface area contributed by atoms with E-state index in [0.717, 1.165) is 54.3 Å². The summed E-state index contributed by atoms with van der Waals surface area (Å²) in [5.41, 5.74) is 8.93. The first-order valence-corrected chi connectivity index (χ1v) is 24.9. The lowest BCUT2D eigenvalue weighted by Gasteiger charge is -2.40. The number of rotatable bonds is 18. The third-order valence-corrected chi connectivity index (χ3v) is 13.2. The number of amides is 3. The second-order valence-electron chi connectivity index (χ2n) is 18.4. The third kappa shape index (κ3) is 15.2. The molecule has 372 valence electrons. The van der Waals surface area contributed by atoms with Gasteiger partial charge in [-0.15, -0.1) is 0 Å². The average molecular weight is 975 g/mol. The molecule has 0 spiro atoms. The van der Waals surface area contributed by atoms with Crippen molar-refractivity contribution in [2.24, 2.45) is 0 Å². The summed E-state index contributed by atoms with van der Waals surface area (Å²) in [6.45, 7) is 8.08. The van der Waals surface area contributed by atoms with Crippen LogP contribution in [0.1, 0.15) is 50.3 Å². The summed E-state index contributed by atoms with van der Waals surface area (Å²) in [4.78, 5) is 54.5. The summed E-state index contributed by atoms with van der Waals surface area (Å²) in [6, 6.07) is 48.8. The fourth-order valence-electron chi connectivity index (χ4n) is 9.22. The van der Waals surface area contributed by atoms with Crippen molar-refractivity contribution >= 4 is 17.7 Å². The first-order valence-electron chi connectivity index (χ1n) is 24.9. The summed E-state index contributed by atoms with van der Waals surface area (Å²) >= 11 is 0. The molecular formula is C58H62N12O3. The van der Waals surface area contributed by atoms with Crippen LogP contribution in [0.5, 0.6) is 0 Å². The van der Waals surface area contributed by atoms with Crippen molar-refractivity contribution in [1.82, 2.24) is 49.8 Å². The number of benzene rings is 5. The lowest BCUT2D eigenvalue weighted by atomic mass is 10.1. The van der Waals surface area contributed by atoms with Crippen LogP contribution in [0.3, 0.4) is 0 Å². The predicted molar refractivity (Wildman–Crippen MR) is 279 cm³/mol. The largest absolute Gasteiger partial charge is 0.354 e. The molecule has 2 aliphatic rings. The number of aromatic nitrogens is 4. The summed E-state index contributed by atoms with van der Waals surface area (Å²) in [7, 11) is 0. The number of nitrogens with one attached hydrogen (secondary N) is 3. The molecule has 2 fully saturated rings. The standard InChI is InChI=1S/C33H34N6O2.C25H28N6O/c34-20-27-11-13-29(14-12-27)23-38-25-35-21-30(38)15-16-36-33(41)31-24-37(22-28-9-5-2-6-10-28)17-18-39(31)32(40)19-26-7-3-1-4-8-26;26-14-20-6-8-22(9-7-20)17-31-19-27-15-23(31)10-11-29-25(32)24-18-30(13-12-28-24)16-21-4-2-1-3-5-21/h1-14,21,25,31H,15-19,22-24H2,(H,36,41);1-9,15,19,24,28H,10-13,16-18H2,(H,29,32)/t31-;24-/m11/s1. The van der Waals surface area contributed by atoms with Crippen LogP contribution >= 0.6 is 0 Å². The van der Waals surface area contributed by atoms with E-state index in [-0.39, 0.29) is 30.2 Å². The molecule has 0 radical (unpaired) electrons. The van der Waals surface area contributed by atoms with Gasteiger partial charge in [-0.25, -0.2) is 9.97 Å². The number of nitriles is 2. The van der Waals surface area contributed by atoms with Gasteiger partial charge in [0.05, 0.1) is 48.4 Å². The maximum atomic E-state index is 13.5. The Kier molecular flexibility index (Phi) is 18.4. The number of hydrogen-bond donors (Lipinski definition) is 3. The van der Waals surface area contributed by atoms with E-state index in [0.29, 0.717) is 76.3 Å². The minimum absolute atomic E-state index is 0.0313. The molecule has 7 aromatic rings. The summed E-state index contributed by atoms with van der Waals surface area (Å²) in [5.74, 6) is -0.126. The van der Waals surface area contributed by atoms with E-state index in [1.165, 1.54) is 11.1 Å². The Morgan fingerprint density at radius 2 is 1.01 bits per heavy atom. The highest BCUT2D eigenvalue weighted by molar-refractivity contribution is 5.89. The molecule has 15 heteroatoms. The van der Waals surface area contributed by atoms with Gasteiger partial charge in [-0.1, -0.05) is 115 Å². The Hall–Kier alpha value is -8.21. The highest BCUT2D eigenvalue weighted by atomic mass is 16.2. The molecule has 2 atom stereocenters. The van der Waals surface area contributed by atoms with Gasteiger partial charge in [-0.3, -0.25) is 24.2 Å². The van der Waals surface area contributed by atoms with E-state index in [1.54, 1.807) is 17.6 Å². The van der Waals surface area contributed by atoms with Crippen LogP contribution in [0.2, 0.25) is 0 Å². The van der Waals surface area contributed by atoms with E-state index in [1.807, 2.05) is 132 Å². The van der Waals surface area contributed by atoms with Gasteiger partial charge in [0.1, 0.15) is 6.04 Å². The van der Waals surface area contributed by atoms with Gasteiger partial charge in [0, 0.05) is 115 Å². The third-order valence-electron chi connectivity index (χ3n) is 13.2. The number of piperazine rings is 2. The molecule has 3 amide bonds. The SMILES string of the molecule is N#Cc1ccc(Cn2cncc2CCNC(=O)[C@H]2CN(Cc3ccccc3)CCN2)cc1.N#Cc1ccc(Cn2cncc2CCNC(=O)[C@H]2CN(Cc3ccccc3)CCN2C(=O)Cc2ccccc2)cc1. The van der Waals surface area contributed by atoms with Crippen molar-refractivity contribution in [2.45, 2.75) is 57.5 Å². The zero-order valence-electron chi connectivity index (χ0n) is 41.1. The van der Waals surface area contributed by atoms with Crippen LogP contribution in [0.25, 0.3) is 0 Å². The maximum absolute atomic E-state index is 13.5. The molecule has 0 unspecified atom stereocenters. The molecule has 0 saturated carbocycles. The smallest absolute Gasteiger partial charge is 0.244 e. The fraction of sp³-hybridized carbons (Fsp3) is 0.293. The first-order chi connectivity index (χ1) is 35.8. The van der Waals surface area contributed by atoms with E-state index < -0.39 is 6.04 Å². The highest BCUT2D eigenvalue weighted by Gasteiger charge is 2.35. The van der Waals surface area contributed by atoms with Gasteiger partial charge < -0.3 is 30.0 Å². The Morgan fingerprint density at radius 3 is 1.52 bits per heavy atom. The van der Waals surface area contributed by atoms with E-state index in [9.17, 15) is 14.4 Å². The van der Waals surface area contributed by atoms with Crippen molar-refractivity contribution in [3.8, 4) is 12.1 Å². The predicted octanol–water partition coefficient (Wildman–Crippen LogP) is 5.35. The number of nitrogens with zero attached hydrogens (tertiary/aromatic N) is 9. The highest BCUT2D eigenvalue weighted by Crippen LogP contribution is 2.17. The molecule has 5 aromatic carbocycles. The second-order valence-corrected chi connectivity index (χ2v) is 18.4. The topological polar surface area (TPSA) is 180 Å². The fourth-order valence-corrected chi connectivity index (χ4v) is 9.22. The average Bonchev–Trinajstić information content (AvgIpc) is 4.08. The lowest BCUT2D eigenvalue weighted by Crippen LogP contribution is -2.60. The van der Waals surface area contributed by atoms with Crippen LogP contribution < -0.4 is 16.0 Å². The summed E-state index contributed by atoms with van der Waals surface area (Å²) in [5, 5.41) is 27.5. The van der Waals surface area contributed by atoms with E-state index >= 15 is 0 Å². The van der Waals surface area contributed by atoms with Crippen molar-refractivity contribution in [3.63, 3.8) is 0 Å². The Bertz CT molecular complexity index is 2930.